The minimum absolute atomic E-state index is 0.0310. The van der Waals surface area contributed by atoms with E-state index in [0.29, 0.717) is 17.5 Å². The van der Waals surface area contributed by atoms with Crippen LogP contribution in [0.4, 0.5) is 30.7 Å². The Morgan fingerprint density at radius 1 is 0.667 bits per heavy atom. The van der Waals surface area contributed by atoms with Crippen LogP contribution in [0.1, 0.15) is 80.9 Å². The Morgan fingerprint density at radius 3 is 1.91 bits per heavy atom. The van der Waals surface area contributed by atoms with Crippen molar-refractivity contribution in [2.45, 2.75) is 77.2 Å². The fourth-order valence-electron chi connectivity index (χ4n) is 6.20. The van der Waals surface area contributed by atoms with Crippen molar-refractivity contribution in [2.75, 3.05) is 0 Å². The van der Waals surface area contributed by atoms with Crippen LogP contribution in [0.2, 0.25) is 0 Å². The molecule has 0 aliphatic heterocycles. The maximum Gasteiger partial charge on any atom is 0.429 e. The van der Waals surface area contributed by atoms with E-state index in [-0.39, 0.29) is 33.7 Å². The Hall–Kier alpha value is -3.81. The molecular weight excluding hydrogens is 593 g/mol. The van der Waals surface area contributed by atoms with Crippen LogP contribution in [0.5, 0.6) is 5.75 Å². The number of benzene rings is 4. The maximum atomic E-state index is 15.1. The Balaban J connectivity index is 1.27. The molecule has 1 saturated carbocycles. The molecule has 1 aliphatic rings. The first-order valence-electron chi connectivity index (χ1n) is 15.4. The second kappa shape index (κ2) is 13.7. The van der Waals surface area contributed by atoms with E-state index in [2.05, 4.69) is 6.92 Å². The zero-order chi connectivity index (χ0) is 32.3. The first-order chi connectivity index (χ1) is 21.5. The van der Waals surface area contributed by atoms with E-state index in [0.717, 1.165) is 68.1 Å². The third kappa shape index (κ3) is 7.37. The monoisotopic (exact) mass is 628 g/mol. The molecule has 1 aliphatic carbocycles. The Labute approximate surface area is 259 Å². The molecule has 5 rings (SSSR count). The lowest BCUT2D eigenvalue weighted by Gasteiger charge is -2.29. The van der Waals surface area contributed by atoms with Gasteiger partial charge in [0.1, 0.15) is 34.8 Å². The van der Waals surface area contributed by atoms with Crippen LogP contribution in [-0.2, 0) is 6.11 Å². The van der Waals surface area contributed by atoms with Crippen LogP contribution in [0.25, 0.3) is 22.3 Å². The summed E-state index contributed by atoms with van der Waals surface area (Å²) in [4.78, 5) is 0. The molecule has 45 heavy (non-hydrogen) atoms. The lowest BCUT2D eigenvalue weighted by Crippen LogP contribution is -2.24. The zero-order valence-corrected chi connectivity index (χ0v) is 25.2. The minimum Gasteiger partial charge on any atom is -0.429 e. The van der Waals surface area contributed by atoms with Gasteiger partial charge in [0.25, 0.3) is 0 Å². The van der Waals surface area contributed by atoms with Gasteiger partial charge in [-0.3, -0.25) is 0 Å². The molecule has 1 fully saturated rings. The summed E-state index contributed by atoms with van der Waals surface area (Å²) in [6, 6.07) is 12.2. The van der Waals surface area contributed by atoms with Gasteiger partial charge in [-0.2, -0.15) is 8.78 Å². The molecule has 4 aromatic carbocycles. The van der Waals surface area contributed by atoms with Crippen molar-refractivity contribution in [3.8, 4) is 28.0 Å². The summed E-state index contributed by atoms with van der Waals surface area (Å²) < 4.78 is 108. The Morgan fingerprint density at radius 2 is 1.29 bits per heavy atom. The van der Waals surface area contributed by atoms with Gasteiger partial charge in [0.05, 0.1) is 5.56 Å². The third-order valence-electron chi connectivity index (χ3n) is 8.90. The van der Waals surface area contributed by atoms with E-state index in [9.17, 15) is 17.6 Å². The second-order valence-electron chi connectivity index (χ2n) is 12.0. The maximum absolute atomic E-state index is 15.1. The molecule has 0 bridgehead atoms. The van der Waals surface area contributed by atoms with E-state index in [1.54, 1.807) is 0 Å². The van der Waals surface area contributed by atoms with Gasteiger partial charge in [0.15, 0.2) is 0 Å². The minimum atomic E-state index is -4.08. The van der Waals surface area contributed by atoms with Gasteiger partial charge in [-0.25, -0.2) is 22.0 Å². The summed E-state index contributed by atoms with van der Waals surface area (Å²) in [5.74, 6) is -4.38. The van der Waals surface area contributed by atoms with Gasteiger partial charge in [-0.05, 0) is 104 Å². The van der Waals surface area contributed by atoms with Gasteiger partial charge in [-0.1, -0.05) is 50.8 Å². The summed E-state index contributed by atoms with van der Waals surface area (Å²) >= 11 is 0. The van der Waals surface area contributed by atoms with Crippen molar-refractivity contribution in [1.82, 2.24) is 0 Å². The second-order valence-corrected chi connectivity index (χ2v) is 12.0. The average Bonchev–Trinajstić information content (AvgIpc) is 3.00. The topological polar surface area (TPSA) is 9.23 Å². The van der Waals surface area contributed by atoms with Gasteiger partial charge in [0.2, 0.25) is 0 Å². The van der Waals surface area contributed by atoms with Crippen LogP contribution in [0.3, 0.4) is 0 Å². The van der Waals surface area contributed by atoms with Gasteiger partial charge >= 0.3 is 6.11 Å². The molecule has 0 heterocycles. The van der Waals surface area contributed by atoms with Crippen molar-refractivity contribution in [3.05, 3.63) is 113 Å². The molecule has 4 aromatic rings. The number of hydrogen-bond acceptors (Lipinski definition) is 1. The summed E-state index contributed by atoms with van der Waals surface area (Å²) in [6.07, 6.45) is 4.59. The number of alkyl halides is 2. The van der Waals surface area contributed by atoms with Gasteiger partial charge in [-0.15, -0.1) is 0 Å². The molecule has 1 nitrogen and oxygen atoms in total. The average molecular weight is 629 g/mol. The predicted octanol–water partition coefficient (Wildman–Crippen LogP) is 12.0. The highest BCUT2D eigenvalue weighted by atomic mass is 19.3. The van der Waals surface area contributed by atoms with Crippen LogP contribution >= 0.6 is 0 Å². The van der Waals surface area contributed by atoms with Crippen LogP contribution in [-0.4, -0.2) is 0 Å². The molecule has 0 amide bonds. The number of rotatable bonds is 10. The van der Waals surface area contributed by atoms with E-state index < -0.39 is 46.5 Å². The van der Waals surface area contributed by atoms with Crippen molar-refractivity contribution in [1.29, 1.82) is 0 Å². The molecule has 0 saturated heterocycles. The summed E-state index contributed by atoms with van der Waals surface area (Å²) in [6.45, 7) is 3.43. The molecular formula is C37H35F7O. The first-order valence-corrected chi connectivity index (χ1v) is 15.4. The van der Waals surface area contributed by atoms with Crippen molar-refractivity contribution in [2.24, 2.45) is 5.92 Å². The Kier molecular flexibility index (Phi) is 9.90. The van der Waals surface area contributed by atoms with Crippen LogP contribution in [0.15, 0.2) is 66.7 Å². The third-order valence-corrected chi connectivity index (χ3v) is 8.90. The van der Waals surface area contributed by atoms with Gasteiger partial charge in [0, 0.05) is 22.8 Å². The highest BCUT2D eigenvalue weighted by molar-refractivity contribution is 5.72. The molecule has 8 heteroatoms. The van der Waals surface area contributed by atoms with Crippen molar-refractivity contribution in [3.63, 3.8) is 0 Å². The van der Waals surface area contributed by atoms with Crippen molar-refractivity contribution >= 4 is 0 Å². The number of unbranched alkanes of at least 4 members (excludes halogenated alkanes) is 2. The lowest BCUT2D eigenvalue weighted by atomic mass is 9.77. The largest absolute Gasteiger partial charge is 0.429 e. The van der Waals surface area contributed by atoms with E-state index >= 15 is 13.2 Å². The molecule has 0 unspecified atom stereocenters. The lowest BCUT2D eigenvalue weighted by molar-refractivity contribution is -0.187. The Bertz CT molecular complexity index is 1630. The smallest absolute Gasteiger partial charge is 0.429 e. The van der Waals surface area contributed by atoms with E-state index in [1.165, 1.54) is 50.8 Å². The molecule has 0 aromatic heterocycles. The standard InChI is InChI=1S/C37H35F7O/c1-3-4-5-6-23-7-9-24(10-8-23)25-12-16-31(36(42)17-25)37(43,44)45-28-13-15-29(35(41)21-28)26-11-14-30(34(40)18-26)27-19-32(38)22(2)33(39)20-27/h11-21,23-24H,3-10H2,1-2H3. The van der Waals surface area contributed by atoms with Crippen LogP contribution < -0.4 is 4.74 Å². The zero-order valence-electron chi connectivity index (χ0n) is 25.2. The number of ether oxygens (including phenoxy) is 1. The number of halogens is 7. The predicted molar refractivity (Wildman–Crippen MR) is 162 cm³/mol. The summed E-state index contributed by atoms with van der Waals surface area (Å²) in [5, 5.41) is 0. The van der Waals surface area contributed by atoms with E-state index in [4.69, 9.17) is 4.74 Å². The SMILES string of the molecule is CCCCCC1CCC(c2ccc(C(F)(F)Oc3ccc(-c4ccc(-c5cc(F)c(C)c(F)c5)c(F)c4)c(F)c3)c(F)c2)CC1. The molecule has 0 radical (unpaired) electrons. The molecule has 0 N–H and O–H groups in total. The molecule has 0 spiro atoms. The van der Waals surface area contributed by atoms with Crippen LogP contribution in [0, 0.1) is 41.9 Å². The summed E-state index contributed by atoms with van der Waals surface area (Å²) in [7, 11) is 0. The highest BCUT2D eigenvalue weighted by Crippen LogP contribution is 2.41. The highest BCUT2D eigenvalue weighted by Gasteiger charge is 2.38. The van der Waals surface area contributed by atoms with Crippen molar-refractivity contribution < 1.29 is 35.5 Å². The fraction of sp³-hybridized carbons (Fsp3) is 0.351. The number of hydrogen-bond donors (Lipinski definition) is 0. The molecule has 238 valence electrons. The van der Waals surface area contributed by atoms with E-state index in [1.807, 2.05) is 0 Å². The fourth-order valence-corrected chi connectivity index (χ4v) is 6.20. The van der Waals surface area contributed by atoms with Gasteiger partial charge < -0.3 is 4.74 Å². The first kappa shape index (κ1) is 32.6. The summed E-state index contributed by atoms with van der Waals surface area (Å²) in [5.41, 5.74) is -0.645. The quantitative estimate of drug-likeness (QED) is 0.125. The molecule has 0 atom stereocenters. The normalized spacial score (nSPS) is 17.0.